The second kappa shape index (κ2) is 7.03. The van der Waals surface area contributed by atoms with E-state index in [0.717, 1.165) is 36.2 Å². The number of nitrogens with zero attached hydrogens (tertiary/aromatic N) is 2. The molecular formula is C12H21N3OS. The van der Waals surface area contributed by atoms with E-state index in [1.807, 2.05) is 0 Å². The molecule has 1 aliphatic heterocycles. The zero-order valence-electron chi connectivity index (χ0n) is 10.2. The van der Waals surface area contributed by atoms with Crippen LogP contribution in [-0.2, 0) is 12.3 Å². The van der Waals surface area contributed by atoms with E-state index in [9.17, 15) is 0 Å². The minimum Gasteiger partial charge on any atom is -0.447 e. The lowest BCUT2D eigenvalue weighted by molar-refractivity contribution is 0.201. The van der Waals surface area contributed by atoms with Crippen molar-refractivity contribution in [1.29, 1.82) is 0 Å². The van der Waals surface area contributed by atoms with Crippen molar-refractivity contribution in [3.8, 4) is 0 Å². The van der Waals surface area contributed by atoms with Crippen LogP contribution in [0.25, 0.3) is 0 Å². The number of piperidine rings is 1. The van der Waals surface area contributed by atoms with Crippen molar-refractivity contribution in [3.05, 3.63) is 17.8 Å². The first-order valence-electron chi connectivity index (χ1n) is 6.32. The number of thioether (sulfide) groups is 1. The van der Waals surface area contributed by atoms with Gasteiger partial charge in [-0.05, 0) is 25.9 Å². The molecule has 1 fully saturated rings. The molecule has 0 amide bonds. The molecular weight excluding hydrogens is 234 g/mol. The Labute approximate surface area is 107 Å². The van der Waals surface area contributed by atoms with E-state index in [2.05, 4.69) is 9.88 Å². The van der Waals surface area contributed by atoms with Crippen LogP contribution in [0.15, 0.2) is 10.7 Å². The Morgan fingerprint density at radius 3 is 2.94 bits per heavy atom. The van der Waals surface area contributed by atoms with Gasteiger partial charge in [-0.3, -0.25) is 4.90 Å². The summed E-state index contributed by atoms with van der Waals surface area (Å²) in [4.78, 5) is 6.93. The van der Waals surface area contributed by atoms with Crippen molar-refractivity contribution in [2.24, 2.45) is 5.73 Å². The van der Waals surface area contributed by atoms with Crippen LogP contribution in [0.3, 0.4) is 0 Å². The summed E-state index contributed by atoms with van der Waals surface area (Å²) in [6.45, 7) is 3.95. The average molecular weight is 255 g/mol. The Kier molecular flexibility index (Phi) is 5.35. The van der Waals surface area contributed by atoms with Gasteiger partial charge < -0.3 is 10.2 Å². The summed E-state index contributed by atoms with van der Waals surface area (Å²) in [6.07, 6.45) is 5.76. The minimum absolute atomic E-state index is 0.725. The first-order chi connectivity index (χ1) is 8.38. The van der Waals surface area contributed by atoms with Gasteiger partial charge in [0.1, 0.15) is 6.26 Å². The molecule has 0 atom stereocenters. The largest absolute Gasteiger partial charge is 0.447 e. The molecule has 0 spiro atoms. The van der Waals surface area contributed by atoms with Crippen LogP contribution in [0.4, 0.5) is 0 Å². The summed E-state index contributed by atoms with van der Waals surface area (Å²) in [5.41, 5.74) is 6.49. The van der Waals surface area contributed by atoms with E-state index in [4.69, 9.17) is 10.2 Å². The topological polar surface area (TPSA) is 55.3 Å². The first-order valence-corrected chi connectivity index (χ1v) is 7.47. The number of hydrogen-bond acceptors (Lipinski definition) is 5. The van der Waals surface area contributed by atoms with Gasteiger partial charge >= 0.3 is 0 Å². The predicted octanol–water partition coefficient (Wildman–Crippen LogP) is 1.85. The van der Waals surface area contributed by atoms with E-state index in [-0.39, 0.29) is 0 Å². The monoisotopic (exact) mass is 255 g/mol. The molecule has 2 N–H and O–H groups in total. The van der Waals surface area contributed by atoms with Crippen LogP contribution in [0.2, 0.25) is 0 Å². The second-order valence-electron chi connectivity index (χ2n) is 4.41. The maximum Gasteiger partial charge on any atom is 0.208 e. The zero-order chi connectivity index (χ0) is 11.9. The summed E-state index contributed by atoms with van der Waals surface area (Å²) < 4.78 is 5.50. The molecule has 1 aliphatic rings. The Hall–Kier alpha value is -0.520. The maximum absolute atomic E-state index is 5.50. The number of rotatable bonds is 6. The van der Waals surface area contributed by atoms with Crippen molar-refractivity contribution < 1.29 is 4.42 Å². The van der Waals surface area contributed by atoms with Gasteiger partial charge in [0, 0.05) is 18.1 Å². The highest BCUT2D eigenvalue weighted by Gasteiger charge is 2.13. The van der Waals surface area contributed by atoms with Crippen molar-refractivity contribution >= 4 is 11.8 Å². The molecule has 2 rings (SSSR count). The molecule has 0 radical (unpaired) electrons. The van der Waals surface area contributed by atoms with Crippen molar-refractivity contribution in [2.45, 2.75) is 31.6 Å². The molecule has 1 saturated heterocycles. The molecule has 0 unspecified atom stereocenters. The van der Waals surface area contributed by atoms with E-state index in [1.54, 1.807) is 18.0 Å². The van der Waals surface area contributed by atoms with Crippen LogP contribution >= 0.6 is 11.8 Å². The normalized spacial score (nSPS) is 17.5. The third-order valence-corrected chi connectivity index (χ3v) is 3.94. The van der Waals surface area contributed by atoms with Gasteiger partial charge in [0.2, 0.25) is 5.89 Å². The van der Waals surface area contributed by atoms with Crippen molar-refractivity contribution in [1.82, 2.24) is 9.88 Å². The van der Waals surface area contributed by atoms with E-state index < -0.39 is 0 Å². The number of nitrogens with two attached hydrogens (primary N) is 1. The highest BCUT2D eigenvalue weighted by Crippen LogP contribution is 2.15. The van der Waals surface area contributed by atoms with Gasteiger partial charge in [0.25, 0.3) is 0 Å². The fraction of sp³-hybridized carbons (Fsp3) is 0.750. The quantitative estimate of drug-likeness (QED) is 0.786. The van der Waals surface area contributed by atoms with E-state index in [1.165, 1.54) is 32.4 Å². The predicted molar refractivity (Wildman–Crippen MR) is 70.8 cm³/mol. The lowest BCUT2D eigenvalue weighted by Crippen LogP contribution is -2.29. The Morgan fingerprint density at radius 1 is 1.35 bits per heavy atom. The van der Waals surface area contributed by atoms with Crippen LogP contribution in [0, 0.1) is 0 Å². The number of aromatic nitrogens is 1. The van der Waals surface area contributed by atoms with Crippen LogP contribution < -0.4 is 5.73 Å². The average Bonchev–Trinajstić information content (AvgIpc) is 2.79. The standard InChI is InChI=1S/C12H21N3OS/c13-4-7-17-10-11-9-16-12(14-11)8-15-5-2-1-3-6-15/h9H,1-8,10,13H2. The smallest absolute Gasteiger partial charge is 0.208 e. The van der Waals surface area contributed by atoms with Gasteiger partial charge in [-0.25, -0.2) is 4.98 Å². The molecule has 0 saturated carbocycles. The van der Waals surface area contributed by atoms with Crippen molar-refractivity contribution in [3.63, 3.8) is 0 Å². The number of hydrogen-bond donors (Lipinski definition) is 1. The SMILES string of the molecule is NCCSCc1coc(CN2CCCCC2)n1. The molecule has 96 valence electrons. The van der Waals surface area contributed by atoms with Gasteiger partial charge in [0.05, 0.1) is 12.2 Å². The third-order valence-electron chi connectivity index (χ3n) is 2.92. The molecule has 0 bridgehead atoms. The van der Waals surface area contributed by atoms with Crippen LogP contribution in [-0.4, -0.2) is 35.3 Å². The van der Waals surface area contributed by atoms with Gasteiger partial charge in [0.15, 0.2) is 0 Å². The summed E-state index contributed by atoms with van der Waals surface area (Å²) in [7, 11) is 0. The highest BCUT2D eigenvalue weighted by atomic mass is 32.2. The Morgan fingerprint density at radius 2 is 2.18 bits per heavy atom. The van der Waals surface area contributed by atoms with Gasteiger partial charge in [-0.1, -0.05) is 6.42 Å². The molecule has 17 heavy (non-hydrogen) atoms. The highest BCUT2D eigenvalue weighted by molar-refractivity contribution is 7.98. The Bertz CT molecular complexity index is 323. The fourth-order valence-electron chi connectivity index (χ4n) is 2.06. The first kappa shape index (κ1) is 12.9. The van der Waals surface area contributed by atoms with Gasteiger partial charge in [-0.15, -0.1) is 0 Å². The second-order valence-corrected chi connectivity index (χ2v) is 5.52. The van der Waals surface area contributed by atoms with Crippen LogP contribution in [0.5, 0.6) is 0 Å². The summed E-state index contributed by atoms with van der Waals surface area (Å²) in [5.74, 6) is 2.74. The summed E-state index contributed by atoms with van der Waals surface area (Å²) in [6, 6.07) is 0. The molecule has 1 aromatic rings. The maximum atomic E-state index is 5.50. The lowest BCUT2D eigenvalue weighted by atomic mass is 10.1. The van der Waals surface area contributed by atoms with Crippen molar-refractivity contribution in [2.75, 3.05) is 25.4 Å². The third kappa shape index (κ3) is 4.33. The summed E-state index contributed by atoms with van der Waals surface area (Å²) in [5, 5.41) is 0. The summed E-state index contributed by atoms with van der Waals surface area (Å²) >= 11 is 1.80. The fourth-order valence-corrected chi connectivity index (χ4v) is 2.71. The number of likely N-dealkylation sites (tertiary alicyclic amines) is 1. The molecule has 2 heterocycles. The number of oxazole rings is 1. The zero-order valence-corrected chi connectivity index (χ0v) is 11.0. The Balaban J connectivity index is 1.76. The molecule has 5 heteroatoms. The molecule has 0 aromatic carbocycles. The molecule has 1 aromatic heterocycles. The minimum atomic E-state index is 0.725. The molecule has 4 nitrogen and oxygen atoms in total. The van der Waals surface area contributed by atoms with E-state index in [0.29, 0.717) is 0 Å². The molecule has 0 aliphatic carbocycles. The van der Waals surface area contributed by atoms with Crippen LogP contribution in [0.1, 0.15) is 30.8 Å². The van der Waals surface area contributed by atoms with Gasteiger partial charge in [-0.2, -0.15) is 11.8 Å². The lowest BCUT2D eigenvalue weighted by Gasteiger charge is -2.24. The van der Waals surface area contributed by atoms with E-state index >= 15 is 0 Å².